The van der Waals surface area contributed by atoms with Gasteiger partial charge in [0.2, 0.25) is 5.91 Å². The third-order valence-electron chi connectivity index (χ3n) is 3.53. The number of nitrogens with one attached hydrogen (secondary N) is 2. The molecule has 0 aliphatic heterocycles. The molecule has 2 N–H and O–H groups in total. The summed E-state index contributed by atoms with van der Waals surface area (Å²) < 4.78 is 1.85. The van der Waals surface area contributed by atoms with E-state index in [1.165, 1.54) is 5.56 Å². The van der Waals surface area contributed by atoms with Crippen LogP contribution in [-0.2, 0) is 18.4 Å². The zero-order valence-corrected chi connectivity index (χ0v) is 15.9. The summed E-state index contributed by atoms with van der Waals surface area (Å²) in [6, 6.07) is 0. The van der Waals surface area contributed by atoms with Crippen LogP contribution in [0.5, 0.6) is 0 Å². The standard InChI is InChI=1S/C17H32N6O/c1-7-9-19-15(24)10-20-17(18-8-2)22(5)11-14-12-23(6)21-16(14)13(3)4/h12-13H,7-11H2,1-6H3,(H,18,20)(H,19,24). The highest BCUT2D eigenvalue weighted by molar-refractivity contribution is 5.84. The number of hydrogen-bond acceptors (Lipinski definition) is 3. The van der Waals surface area contributed by atoms with Crippen molar-refractivity contribution in [3.8, 4) is 0 Å². The van der Waals surface area contributed by atoms with Crippen molar-refractivity contribution >= 4 is 11.9 Å². The van der Waals surface area contributed by atoms with Gasteiger partial charge in [-0.2, -0.15) is 5.10 Å². The van der Waals surface area contributed by atoms with E-state index in [1.54, 1.807) is 0 Å². The number of carbonyl (C=O) groups is 1. The normalized spacial score (nSPS) is 11.7. The molecule has 7 nitrogen and oxygen atoms in total. The molecule has 1 aromatic rings. The van der Waals surface area contributed by atoms with Crippen molar-refractivity contribution in [1.29, 1.82) is 0 Å². The lowest BCUT2D eigenvalue weighted by Gasteiger charge is -2.22. The Morgan fingerprint density at radius 3 is 2.67 bits per heavy atom. The van der Waals surface area contributed by atoms with Gasteiger partial charge in [-0.05, 0) is 19.3 Å². The fourth-order valence-electron chi connectivity index (χ4n) is 2.43. The van der Waals surface area contributed by atoms with Gasteiger partial charge in [0.05, 0.1) is 5.69 Å². The van der Waals surface area contributed by atoms with E-state index in [1.807, 2.05) is 43.7 Å². The minimum atomic E-state index is -0.0510. The van der Waals surface area contributed by atoms with Gasteiger partial charge in [-0.25, -0.2) is 4.99 Å². The number of nitrogens with zero attached hydrogens (tertiary/aromatic N) is 4. The molecule has 1 rings (SSSR count). The Labute approximate surface area is 145 Å². The minimum absolute atomic E-state index is 0.0510. The maximum absolute atomic E-state index is 11.8. The molecule has 0 saturated heterocycles. The molecule has 24 heavy (non-hydrogen) atoms. The first-order valence-corrected chi connectivity index (χ1v) is 8.67. The summed E-state index contributed by atoms with van der Waals surface area (Å²) in [4.78, 5) is 18.2. The maximum Gasteiger partial charge on any atom is 0.241 e. The van der Waals surface area contributed by atoms with E-state index in [4.69, 9.17) is 0 Å². The van der Waals surface area contributed by atoms with Crippen LogP contribution in [0, 0.1) is 0 Å². The Balaban J connectivity index is 2.79. The molecule has 0 spiro atoms. The van der Waals surface area contributed by atoms with Crippen LogP contribution in [0.25, 0.3) is 0 Å². The van der Waals surface area contributed by atoms with Crippen molar-refractivity contribution in [2.75, 3.05) is 26.7 Å². The number of aliphatic imine (C=N–C) groups is 1. The SMILES string of the molecule is CCCNC(=O)CN=C(NCC)N(C)Cc1cn(C)nc1C(C)C. The van der Waals surface area contributed by atoms with Crippen LogP contribution in [0.4, 0.5) is 0 Å². The molecule has 0 unspecified atom stereocenters. The van der Waals surface area contributed by atoms with Crippen molar-refractivity contribution in [2.45, 2.75) is 46.6 Å². The zero-order chi connectivity index (χ0) is 18.1. The Hall–Kier alpha value is -2.05. The van der Waals surface area contributed by atoms with E-state index < -0.39 is 0 Å². The quantitative estimate of drug-likeness (QED) is 0.557. The van der Waals surface area contributed by atoms with Crippen molar-refractivity contribution < 1.29 is 4.79 Å². The summed E-state index contributed by atoms with van der Waals surface area (Å²) in [5, 5.41) is 10.6. The zero-order valence-electron chi connectivity index (χ0n) is 15.9. The number of rotatable bonds is 8. The van der Waals surface area contributed by atoms with Crippen LogP contribution in [0.2, 0.25) is 0 Å². The van der Waals surface area contributed by atoms with E-state index in [0.717, 1.165) is 24.6 Å². The molecule has 1 heterocycles. The lowest BCUT2D eigenvalue weighted by Crippen LogP contribution is -2.39. The molecule has 0 radical (unpaired) electrons. The van der Waals surface area contributed by atoms with Crippen molar-refractivity contribution in [3.05, 3.63) is 17.5 Å². The second-order valence-corrected chi connectivity index (χ2v) is 6.24. The van der Waals surface area contributed by atoms with Crippen LogP contribution >= 0.6 is 0 Å². The van der Waals surface area contributed by atoms with E-state index in [-0.39, 0.29) is 12.5 Å². The van der Waals surface area contributed by atoms with E-state index >= 15 is 0 Å². The van der Waals surface area contributed by atoms with Gasteiger partial charge in [0, 0.05) is 45.5 Å². The number of amides is 1. The summed E-state index contributed by atoms with van der Waals surface area (Å²) in [7, 11) is 3.91. The molecule has 0 atom stereocenters. The first-order chi connectivity index (χ1) is 11.4. The summed E-state index contributed by atoms with van der Waals surface area (Å²) >= 11 is 0. The summed E-state index contributed by atoms with van der Waals surface area (Å²) in [5.74, 6) is 1.04. The molecular formula is C17H32N6O. The predicted octanol–water partition coefficient (Wildman–Crippen LogP) is 1.47. The van der Waals surface area contributed by atoms with Gasteiger partial charge in [-0.1, -0.05) is 20.8 Å². The second-order valence-electron chi connectivity index (χ2n) is 6.24. The van der Waals surface area contributed by atoms with Crippen LogP contribution < -0.4 is 10.6 Å². The second kappa shape index (κ2) is 9.95. The highest BCUT2D eigenvalue weighted by atomic mass is 16.1. The third-order valence-corrected chi connectivity index (χ3v) is 3.53. The molecule has 0 aliphatic rings. The first-order valence-electron chi connectivity index (χ1n) is 8.67. The molecule has 0 aliphatic carbocycles. The lowest BCUT2D eigenvalue weighted by atomic mass is 10.1. The largest absolute Gasteiger partial charge is 0.357 e. The van der Waals surface area contributed by atoms with Crippen molar-refractivity contribution in [2.24, 2.45) is 12.0 Å². The Kier molecular flexibility index (Phi) is 8.29. The van der Waals surface area contributed by atoms with Gasteiger partial charge < -0.3 is 15.5 Å². The number of carbonyl (C=O) groups excluding carboxylic acids is 1. The number of guanidine groups is 1. The van der Waals surface area contributed by atoms with Gasteiger partial charge >= 0.3 is 0 Å². The van der Waals surface area contributed by atoms with Crippen LogP contribution in [-0.4, -0.2) is 53.2 Å². The molecule has 1 amide bonds. The molecule has 136 valence electrons. The lowest BCUT2D eigenvalue weighted by molar-refractivity contribution is -0.119. The van der Waals surface area contributed by atoms with Crippen molar-refractivity contribution in [3.63, 3.8) is 0 Å². The molecule has 0 bridgehead atoms. The Bertz CT molecular complexity index is 549. The first kappa shape index (κ1) is 20.0. The molecule has 1 aromatic heterocycles. The number of aromatic nitrogens is 2. The van der Waals surface area contributed by atoms with Gasteiger partial charge in [0.1, 0.15) is 6.54 Å². The minimum Gasteiger partial charge on any atom is -0.357 e. The third kappa shape index (κ3) is 6.22. The highest BCUT2D eigenvalue weighted by Crippen LogP contribution is 2.18. The van der Waals surface area contributed by atoms with Crippen molar-refractivity contribution in [1.82, 2.24) is 25.3 Å². The fraction of sp³-hybridized carbons (Fsp3) is 0.706. The molecule has 7 heteroatoms. The van der Waals surface area contributed by atoms with Crippen LogP contribution in [0.15, 0.2) is 11.2 Å². The maximum atomic E-state index is 11.8. The van der Waals surface area contributed by atoms with Crippen LogP contribution in [0.3, 0.4) is 0 Å². The summed E-state index contributed by atoms with van der Waals surface area (Å²) in [6.07, 6.45) is 2.97. The number of aryl methyl sites for hydroxylation is 1. The number of hydrogen-bond donors (Lipinski definition) is 2. The molecule has 0 aromatic carbocycles. The highest BCUT2D eigenvalue weighted by Gasteiger charge is 2.15. The van der Waals surface area contributed by atoms with E-state index in [9.17, 15) is 4.79 Å². The van der Waals surface area contributed by atoms with Crippen LogP contribution in [0.1, 0.15) is 51.3 Å². The Morgan fingerprint density at radius 2 is 2.08 bits per heavy atom. The average molecular weight is 336 g/mol. The van der Waals surface area contributed by atoms with Gasteiger partial charge in [0.25, 0.3) is 0 Å². The van der Waals surface area contributed by atoms with Gasteiger partial charge in [0.15, 0.2) is 5.96 Å². The summed E-state index contributed by atoms with van der Waals surface area (Å²) in [5.41, 5.74) is 2.27. The molecule has 0 fully saturated rings. The van der Waals surface area contributed by atoms with E-state index in [0.29, 0.717) is 19.0 Å². The Morgan fingerprint density at radius 1 is 1.38 bits per heavy atom. The smallest absolute Gasteiger partial charge is 0.241 e. The van der Waals surface area contributed by atoms with E-state index in [2.05, 4.69) is 34.6 Å². The topological polar surface area (TPSA) is 74.6 Å². The van der Waals surface area contributed by atoms with Gasteiger partial charge in [-0.3, -0.25) is 9.48 Å². The monoisotopic (exact) mass is 336 g/mol. The fourth-order valence-corrected chi connectivity index (χ4v) is 2.43. The van der Waals surface area contributed by atoms with Gasteiger partial charge in [-0.15, -0.1) is 0 Å². The predicted molar refractivity (Wildman–Crippen MR) is 98.0 cm³/mol. The molecule has 0 saturated carbocycles. The molecular weight excluding hydrogens is 304 g/mol. The summed E-state index contributed by atoms with van der Waals surface area (Å²) in [6.45, 7) is 10.6. The average Bonchev–Trinajstić information content (AvgIpc) is 2.89.